The molecular formula is C25H28N4O6S. The van der Waals surface area contributed by atoms with Crippen molar-refractivity contribution in [1.82, 2.24) is 14.5 Å². The number of benzene rings is 2. The van der Waals surface area contributed by atoms with Crippen LogP contribution in [0.25, 0.3) is 0 Å². The predicted octanol–water partition coefficient (Wildman–Crippen LogP) is 3.64. The Morgan fingerprint density at radius 3 is 2.61 bits per heavy atom. The summed E-state index contributed by atoms with van der Waals surface area (Å²) >= 11 is 0. The lowest BCUT2D eigenvalue weighted by atomic mass is 10.0. The molecule has 2 aliphatic rings. The summed E-state index contributed by atoms with van der Waals surface area (Å²) < 4.78 is 44.6. The number of fused-ring (bicyclic) bond motifs is 1. The zero-order chi connectivity index (χ0) is 25.1. The highest BCUT2D eigenvalue weighted by atomic mass is 32.2. The number of hydrogen-bond acceptors (Lipinski definition) is 8. The minimum Gasteiger partial charge on any atom is -0.486 e. The second-order valence-corrected chi connectivity index (χ2v) is 10.7. The lowest BCUT2D eigenvalue weighted by Crippen LogP contribution is -2.43. The fourth-order valence-electron chi connectivity index (χ4n) is 4.53. The topological polar surface area (TPSA) is 124 Å². The van der Waals surface area contributed by atoms with Crippen molar-refractivity contribution in [2.24, 2.45) is 0 Å². The van der Waals surface area contributed by atoms with Gasteiger partial charge >= 0.3 is 6.01 Å². The maximum absolute atomic E-state index is 13.1. The molecule has 1 unspecified atom stereocenters. The molecule has 2 aliphatic heterocycles. The summed E-state index contributed by atoms with van der Waals surface area (Å²) in [6, 6.07) is 11.5. The highest BCUT2D eigenvalue weighted by Crippen LogP contribution is 2.31. The molecule has 0 saturated carbocycles. The van der Waals surface area contributed by atoms with E-state index in [2.05, 4.69) is 15.5 Å². The van der Waals surface area contributed by atoms with Gasteiger partial charge in [-0.05, 0) is 61.2 Å². The number of anilines is 1. The van der Waals surface area contributed by atoms with Gasteiger partial charge in [-0.3, -0.25) is 10.1 Å². The smallest absolute Gasteiger partial charge is 0.322 e. The zero-order valence-corrected chi connectivity index (χ0v) is 20.8. The van der Waals surface area contributed by atoms with E-state index in [4.69, 9.17) is 13.9 Å². The Hall–Kier alpha value is -3.44. The molecule has 1 saturated heterocycles. The minimum atomic E-state index is -3.61. The fraction of sp³-hybridized carbons (Fsp3) is 0.400. The van der Waals surface area contributed by atoms with Gasteiger partial charge in [0, 0.05) is 18.2 Å². The Balaban J connectivity index is 1.23. The number of nitrogens with one attached hydrogen (secondary N) is 1. The molecule has 1 N–H and O–H groups in total. The average molecular weight is 513 g/mol. The van der Waals surface area contributed by atoms with Gasteiger partial charge < -0.3 is 13.9 Å². The molecule has 11 heteroatoms. The van der Waals surface area contributed by atoms with E-state index >= 15 is 0 Å². The maximum Gasteiger partial charge on any atom is 0.322 e. The number of rotatable bonds is 7. The van der Waals surface area contributed by atoms with Crippen LogP contribution in [0.3, 0.4) is 0 Å². The first kappa shape index (κ1) is 24.3. The molecule has 1 fully saturated rings. The van der Waals surface area contributed by atoms with Crippen LogP contribution in [0.4, 0.5) is 6.01 Å². The average Bonchev–Trinajstić information content (AvgIpc) is 3.35. The number of ether oxygens (including phenoxy) is 2. The highest BCUT2D eigenvalue weighted by Gasteiger charge is 2.32. The van der Waals surface area contributed by atoms with Gasteiger partial charge in [0.15, 0.2) is 11.5 Å². The summed E-state index contributed by atoms with van der Waals surface area (Å²) in [4.78, 5) is 12.9. The monoisotopic (exact) mass is 512 g/mol. The van der Waals surface area contributed by atoms with Crippen LogP contribution in [0.5, 0.6) is 11.5 Å². The molecule has 1 aromatic heterocycles. The van der Waals surface area contributed by atoms with Crippen molar-refractivity contribution in [3.05, 3.63) is 59.5 Å². The number of piperidine rings is 1. The van der Waals surface area contributed by atoms with Crippen molar-refractivity contribution in [3.8, 4) is 11.5 Å². The van der Waals surface area contributed by atoms with E-state index < -0.39 is 15.9 Å². The standard InChI is InChI=1S/C25H28N4O6S/c1-2-19-5-3-4-12-29(19)36(31,32)20-9-7-18(8-10-20)24(30)26-25-28-27-23(35-25)16-17-6-11-21-22(15-17)34-14-13-33-21/h6-11,15,19H,2-5,12-14,16H2,1H3,(H,26,28,30). The number of carbonyl (C=O) groups is 1. The number of aromatic nitrogens is 2. The van der Waals surface area contributed by atoms with Crippen molar-refractivity contribution in [2.75, 3.05) is 25.1 Å². The number of nitrogens with zero attached hydrogens (tertiary/aromatic N) is 3. The van der Waals surface area contributed by atoms with E-state index in [1.54, 1.807) is 4.31 Å². The van der Waals surface area contributed by atoms with Crippen LogP contribution in [-0.4, -0.2) is 54.6 Å². The van der Waals surface area contributed by atoms with Gasteiger partial charge in [0.25, 0.3) is 5.91 Å². The van der Waals surface area contributed by atoms with E-state index in [-0.39, 0.29) is 22.5 Å². The van der Waals surface area contributed by atoms with Gasteiger partial charge in [0.1, 0.15) is 13.2 Å². The molecule has 3 heterocycles. The molecule has 5 rings (SSSR count). The first-order valence-corrected chi connectivity index (χ1v) is 13.5. The summed E-state index contributed by atoms with van der Waals surface area (Å²) in [7, 11) is -3.61. The van der Waals surface area contributed by atoms with Crippen LogP contribution in [0.1, 0.15) is 54.4 Å². The van der Waals surface area contributed by atoms with Gasteiger partial charge in [-0.25, -0.2) is 8.42 Å². The van der Waals surface area contributed by atoms with Crippen LogP contribution >= 0.6 is 0 Å². The lowest BCUT2D eigenvalue weighted by molar-refractivity contribution is 0.102. The van der Waals surface area contributed by atoms with Gasteiger partial charge in [-0.1, -0.05) is 24.5 Å². The van der Waals surface area contributed by atoms with Crippen molar-refractivity contribution >= 4 is 21.9 Å². The molecule has 10 nitrogen and oxygen atoms in total. The predicted molar refractivity (Wildman–Crippen MR) is 131 cm³/mol. The molecule has 0 radical (unpaired) electrons. The SMILES string of the molecule is CCC1CCCCN1S(=O)(=O)c1ccc(C(=O)Nc2nnc(Cc3ccc4c(c3)OCCO4)o2)cc1. The van der Waals surface area contributed by atoms with Crippen LogP contribution in [0.15, 0.2) is 51.8 Å². The number of carbonyl (C=O) groups excluding carboxylic acids is 1. The summed E-state index contributed by atoms with van der Waals surface area (Å²) in [6.45, 7) is 3.55. The fourth-order valence-corrected chi connectivity index (χ4v) is 6.30. The minimum absolute atomic E-state index is 0.0145. The van der Waals surface area contributed by atoms with Gasteiger partial charge in [0.05, 0.1) is 11.3 Å². The van der Waals surface area contributed by atoms with Gasteiger partial charge in [0.2, 0.25) is 15.9 Å². The van der Waals surface area contributed by atoms with Crippen molar-refractivity contribution in [3.63, 3.8) is 0 Å². The van der Waals surface area contributed by atoms with E-state index in [0.29, 0.717) is 43.6 Å². The third kappa shape index (κ3) is 5.07. The largest absolute Gasteiger partial charge is 0.486 e. The highest BCUT2D eigenvalue weighted by molar-refractivity contribution is 7.89. The van der Waals surface area contributed by atoms with E-state index in [1.165, 1.54) is 24.3 Å². The normalized spacial score (nSPS) is 18.1. The summed E-state index contributed by atoms with van der Waals surface area (Å²) in [5.41, 5.74) is 1.18. The van der Waals surface area contributed by atoms with E-state index in [0.717, 1.165) is 31.2 Å². The van der Waals surface area contributed by atoms with Crippen LogP contribution in [-0.2, 0) is 16.4 Å². The van der Waals surface area contributed by atoms with Crippen LogP contribution in [0, 0.1) is 0 Å². The number of sulfonamides is 1. The second-order valence-electron chi connectivity index (χ2n) is 8.81. The number of hydrogen-bond donors (Lipinski definition) is 1. The third-order valence-electron chi connectivity index (χ3n) is 6.42. The lowest BCUT2D eigenvalue weighted by Gasteiger charge is -2.34. The second kappa shape index (κ2) is 10.3. The Morgan fingerprint density at radius 1 is 1.06 bits per heavy atom. The Morgan fingerprint density at radius 2 is 1.83 bits per heavy atom. The third-order valence-corrected chi connectivity index (χ3v) is 8.38. The van der Waals surface area contributed by atoms with Gasteiger partial charge in [-0.15, -0.1) is 5.10 Å². The van der Waals surface area contributed by atoms with Gasteiger partial charge in [-0.2, -0.15) is 4.31 Å². The molecule has 1 amide bonds. The molecule has 2 aromatic carbocycles. The van der Waals surface area contributed by atoms with Crippen molar-refractivity contribution < 1.29 is 27.1 Å². The Bertz CT molecular complexity index is 1340. The molecule has 190 valence electrons. The molecular weight excluding hydrogens is 484 g/mol. The quantitative estimate of drug-likeness (QED) is 0.509. The first-order chi connectivity index (χ1) is 17.4. The number of amides is 1. The summed E-state index contributed by atoms with van der Waals surface area (Å²) in [5, 5.41) is 10.5. The molecule has 0 bridgehead atoms. The van der Waals surface area contributed by atoms with Crippen LogP contribution in [0.2, 0.25) is 0 Å². The van der Waals surface area contributed by atoms with E-state index in [9.17, 15) is 13.2 Å². The first-order valence-electron chi connectivity index (χ1n) is 12.1. The Labute approximate surface area is 209 Å². The molecule has 1 atom stereocenters. The molecule has 0 spiro atoms. The van der Waals surface area contributed by atoms with Crippen LogP contribution < -0.4 is 14.8 Å². The summed E-state index contributed by atoms with van der Waals surface area (Å²) in [6.07, 6.45) is 3.91. The molecule has 36 heavy (non-hydrogen) atoms. The zero-order valence-electron chi connectivity index (χ0n) is 20.0. The Kier molecular flexibility index (Phi) is 6.92. The van der Waals surface area contributed by atoms with E-state index in [1.807, 2.05) is 25.1 Å². The maximum atomic E-state index is 13.1. The molecule has 3 aromatic rings. The van der Waals surface area contributed by atoms with Crippen molar-refractivity contribution in [1.29, 1.82) is 0 Å². The molecule has 0 aliphatic carbocycles. The summed E-state index contributed by atoms with van der Waals surface area (Å²) in [5.74, 6) is 1.22. The van der Waals surface area contributed by atoms with Crippen molar-refractivity contribution in [2.45, 2.75) is 50.0 Å².